The summed E-state index contributed by atoms with van der Waals surface area (Å²) < 4.78 is 34.9. The van der Waals surface area contributed by atoms with Crippen molar-refractivity contribution in [2.24, 2.45) is 17.8 Å². The van der Waals surface area contributed by atoms with Crippen LogP contribution in [0.3, 0.4) is 0 Å². The van der Waals surface area contributed by atoms with E-state index in [1.54, 1.807) is 4.90 Å². The van der Waals surface area contributed by atoms with Crippen molar-refractivity contribution < 1.29 is 22.7 Å². The fourth-order valence-corrected chi connectivity index (χ4v) is 6.76. The van der Waals surface area contributed by atoms with E-state index in [2.05, 4.69) is 5.32 Å². The lowest BCUT2D eigenvalue weighted by Gasteiger charge is -2.59. The Bertz CT molecular complexity index is 917. The lowest BCUT2D eigenvalue weighted by Crippen LogP contribution is -2.63. The zero-order chi connectivity index (χ0) is 20.9. The molecular weight excluding hydrogens is 404 g/mol. The van der Waals surface area contributed by atoms with Crippen LogP contribution < -0.4 is 15.0 Å². The Morgan fingerprint density at radius 3 is 2.70 bits per heavy atom. The molecular formula is C22H30N2O5S. The molecule has 2 atom stereocenters. The number of carbonyl (C=O) groups is 1. The Kier molecular flexibility index (Phi) is 4.97. The zero-order valence-electron chi connectivity index (χ0n) is 17.4. The normalized spacial score (nSPS) is 34.4. The molecule has 0 radical (unpaired) electrons. The third-order valence-electron chi connectivity index (χ3n) is 7.34. The van der Waals surface area contributed by atoms with Gasteiger partial charge in [0.05, 0.1) is 30.2 Å². The molecule has 164 valence electrons. The molecule has 6 rings (SSSR count). The summed E-state index contributed by atoms with van der Waals surface area (Å²) >= 11 is 0. The second-order valence-corrected chi connectivity index (χ2v) is 11.8. The maximum absolute atomic E-state index is 13.2. The number of hydrogen-bond donors (Lipinski definition) is 1. The summed E-state index contributed by atoms with van der Waals surface area (Å²) in [5, 5.41) is 3.35. The summed E-state index contributed by atoms with van der Waals surface area (Å²) in [6, 6.07) is 7.78. The van der Waals surface area contributed by atoms with E-state index in [1.165, 1.54) is 6.26 Å². The number of carbonyl (C=O) groups excluding carboxylic acids is 1. The molecule has 1 heterocycles. The summed E-state index contributed by atoms with van der Waals surface area (Å²) in [7, 11) is -3.02. The number of sulfone groups is 1. The van der Waals surface area contributed by atoms with Crippen LogP contribution in [0.5, 0.6) is 5.75 Å². The number of para-hydroxylation sites is 2. The van der Waals surface area contributed by atoms with Crippen LogP contribution >= 0.6 is 0 Å². The highest BCUT2D eigenvalue weighted by Crippen LogP contribution is 2.57. The summed E-state index contributed by atoms with van der Waals surface area (Å²) in [6.45, 7) is 1.32. The minimum Gasteiger partial charge on any atom is -0.490 e. The van der Waals surface area contributed by atoms with Gasteiger partial charge in [-0.3, -0.25) is 4.90 Å². The van der Waals surface area contributed by atoms with Crippen molar-refractivity contribution in [1.82, 2.24) is 5.32 Å². The number of ether oxygens (including phenoxy) is 2. The fraction of sp³-hybridized carbons (Fsp3) is 0.682. The second kappa shape index (κ2) is 7.41. The maximum atomic E-state index is 13.2. The molecule has 7 nitrogen and oxygen atoms in total. The Balaban J connectivity index is 1.27. The smallest absolute Gasteiger partial charge is 0.322 e. The number of hydrogen-bond acceptors (Lipinski definition) is 5. The number of rotatable bonds is 5. The predicted molar refractivity (Wildman–Crippen MR) is 114 cm³/mol. The third kappa shape index (κ3) is 3.80. The summed E-state index contributed by atoms with van der Waals surface area (Å²) in [5.74, 6) is 2.25. The van der Waals surface area contributed by atoms with Crippen molar-refractivity contribution in [3.63, 3.8) is 0 Å². The average Bonchev–Trinajstić information content (AvgIpc) is 2.68. The molecule has 2 amide bonds. The molecule has 5 aliphatic rings. The van der Waals surface area contributed by atoms with Gasteiger partial charge >= 0.3 is 6.03 Å². The summed E-state index contributed by atoms with van der Waals surface area (Å²) in [6.07, 6.45) is 6.35. The predicted octanol–water partition coefficient (Wildman–Crippen LogP) is 2.60. The Hall–Kier alpha value is -1.80. The lowest BCUT2D eigenvalue weighted by molar-refractivity contribution is -0.168. The molecule has 1 aliphatic heterocycles. The molecule has 4 bridgehead atoms. The molecule has 8 heteroatoms. The Morgan fingerprint density at radius 2 is 1.97 bits per heavy atom. The van der Waals surface area contributed by atoms with Crippen LogP contribution in [0.2, 0.25) is 0 Å². The molecule has 4 fully saturated rings. The minimum absolute atomic E-state index is 0.0460. The van der Waals surface area contributed by atoms with Crippen molar-refractivity contribution in [2.75, 3.05) is 36.7 Å². The molecule has 0 spiro atoms. The van der Waals surface area contributed by atoms with Crippen LogP contribution in [0, 0.1) is 17.8 Å². The molecule has 4 aliphatic carbocycles. The van der Waals surface area contributed by atoms with E-state index in [9.17, 15) is 13.2 Å². The molecule has 30 heavy (non-hydrogen) atoms. The van der Waals surface area contributed by atoms with Gasteiger partial charge in [0.25, 0.3) is 0 Å². The van der Waals surface area contributed by atoms with Gasteiger partial charge in [-0.15, -0.1) is 0 Å². The van der Waals surface area contributed by atoms with Crippen LogP contribution in [0.1, 0.15) is 32.1 Å². The number of amides is 2. The number of benzene rings is 1. The second-order valence-electron chi connectivity index (χ2n) is 9.57. The molecule has 4 saturated carbocycles. The van der Waals surface area contributed by atoms with Crippen LogP contribution in [-0.2, 0) is 14.6 Å². The van der Waals surface area contributed by atoms with Gasteiger partial charge in [0, 0.05) is 12.3 Å². The van der Waals surface area contributed by atoms with Crippen LogP contribution in [-0.4, -0.2) is 57.9 Å². The van der Waals surface area contributed by atoms with Gasteiger partial charge in [-0.1, -0.05) is 12.1 Å². The van der Waals surface area contributed by atoms with Crippen LogP contribution in [0.15, 0.2) is 24.3 Å². The first-order valence-corrected chi connectivity index (χ1v) is 13.0. The molecule has 1 aromatic carbocycles. The van der Waals surface area contributed by atoms with Gasteiger partial charge in [0.2, 0.25) is 0 Å². The number of anilines is 1. The van der Waals surface area contributed by atoms with Gasteiger partial charge in [-0.05, 0) is 62.0 Å². The zero-order valence-corrected chi connectivity index (χ0v) is 18.2. The minimum atomic E-state index is -3.02. The first-order chi connectivity index (χ1) is 14.3. The molecule has 2 unspecified atom stereocenters. The SMILES string of the molecule is CS(=O)(=O)CCO[C@]12CC3CC(C1)[C@@H](NC(=O)N1CCOc4ccccc41)C(C3)C2. The number of urea groups is 1. The number of nitrogens with one attached hydrogen (secondary N) is 1. The highest BCUT2D eigenvalue weighted by molar-refractivity contribution is 7.90. The first kappa shape index (κ1) is 20.1. The van der Waals surface area contributed by atoms with E-state index in [1.807, 2.05) is 24.3 Å². The van der Waals surface area contributed by atoms with Crippen LogP contribution in [0.4, 0.5) is 10.5 Å². The van der Waals surface area contributed by atoms with E-state index in [0.29, 0.717) is 30.9 Å². The van der Waals surface area contributed by atoms with Gasteiger partial charge < -0.3 is 14.8 Å². The molecule has 1 aromatic rings. The van der Waals surface area contributed by atoms with Gasteiger partial charge in [0.15, 0.2) is 0 Å². The number of nitrogens with zero attached hydrogens (tertiary/aromatic N) is 1. The third-order valence-corrected chi connectivity index (χ3v) is 8.25. The van der Waals surface area contributed by atoms with Gasteiger partial charge in [-0.2, -0.15) is 0 Å². The van der Waals surface area contributed by atoms with E-state index >= 15 is 0 Å². The van der Waals surface area contributed by atoms with Gasteiger partial charge in [0.1, 0.15) is 22.2 Å². The molecule has 0 saturated heterocycles. The highest BCUT2D eigenvalue weighted by atomic mass is 32.2. The van der Waals surface area contributed by atoms with E-state index < -0.39 is 9.84 Å². The largest absolute Gasteiger partial charge is 0.490 e. The van der Waals surface area contributed by atoms with Crippen molar-refractivity contribution >= 4 is 21.6 Å². The Labute approximate surface area is 178 Å². The van der Waals surface area contributed by atoms with E-state index in [4.69, 9.17) is 9.47 Å². The van der Waals surface area contributed by atoms with Crippen molar-refractivity contribution in [1.29, 1.82) is 0 Å². The van der Waals surface area contributed by atoms with Crippen LogP contribution in [0.25, 0.3) is 0 Å². The Morgan fingerprint density at radius 1 is 1.23 bits per heavy atom. The van der Waals surface area contributed by atoms with Crippen molar-refractivity contribution in [2.45, 2.75) is 43.7 Å². The topological polar surface area (TPSA) is 84.9 Å². The number of fused-ring (bicyclic) bond motifs is 1. The fourth-order valence-electron chi connectivity index (χ4n) is 6.37. The maximum Gasteiger partial charge on any atom is 0.322 e. The average molecular weight is 435 g/mol. The summed E-state index contributed by atoms with van der Waals surface area (Å²) in [5.41, 5.74) is 0.624. The van der Waals surface area contributed by atoms with E-state index in [0.717, 1.165) is 43.5 Å². The first-order valence-electron chi connectivity index (χ1n) is 10.9. The van der Waals surface area contributed by atoms with E-state index in [-0.39, 0.29) is 30.0 Å². The monoisotopic (exact) mass is 434 g/mol. The standard InChI is InChI=1S/C22H30N2O5S/c1-30(26,27)9-8-29-22-12-15-10-16(13-22)20(17(11-15)14-22)23-21(25)24-6-7-28-19-5-3-2-4-18(19)24/h2-5,15-17,20H,6-14H2,1H3,(H,23,25)/t15?,16?,17?,20-,22-. The summed E-state index contributed by atoms with van der Waals surface area (Å²) in [4.78, 5) is 15.0. The lowest BCUT2D eigenvalue weighted by atomic mass is 9.52. The molecule has 1 N–H and O–H groups in total. The highest BCUT2D eigenvalue weighted by Gasteiger charge is 2.56. The van der Waals surface area contributed by atoms with Crippen molar-refractivity contribution in [3.8, 4) is 5.75 Å². The van der Waals surface area contributed by atoms with Crippen molar-refractivity contribution in [3.05, 3.63) is 24.3 Å². The molecule has 0 aromatic heterocycles. The van der Waals surface area contributed by atoms with Gasteiger partial charge in [-0.25, -0.2) is 13.2 Å². The quantitative estimate of drug-likeness (QED) is 0.770.